The van der Waals surface area contributed by atoms with Crippen molar-refractivity contribution in [3.05, 3.63) is 22.2 Å². The summed E-state index contributed by atoms with van der Waals surface area (Å²) < 4.78 is 0. The van der Waals surface area contributed by atoms with Crippen LogP contribution in [0, 0.1) is 5.92 Å². The Labute approximate surface area is 114 Å². The van der Waals surface area contributed by atoms with Crippen LogP contribution >= 0.6 is 23.2 Å². The van der Waals surface area contributed by atoms with Crippen molar-refractivity contribution in [3.8, 4) is 0 Å². The zero-order chi connectivity index (χ0) is 13.4. The lowest BCUT2D eigenvalue weighted by molar-refractivity contribution is -0.123. The van der Waals surface area contributed by atoms with Crippen LogP contribution in [0.1, 0.15) is 6.42 Å². The lowest BCUT2D eigenvalue weighted by atomic mass is 10.1. The molecule has 0 aromatic heterocycles. The summed E-state index contributed by atoms with van der Waals surface area (Å²) in [5, 5.41) is 0.553. The summed E-state index contributed by atoms with van der Waals surface area (Å²) in [5.41, 5.74) is 11.6. The molecule has 5 nitrogen and oxygen atoms in total. The summed E-state index contributed by atoms with van der Waals surface area (Å²) in [6, 6.07) is 3.02. The van der Waals surface area contributed by atoms with E-state index in [1.807, 2.05) is 0 Å². The fraction of sp³-hybridized carbons (Fsp3) is 0.273. The monoisotopic (exact) mass is 287 g/mol. The maximum Gasteiger partial charge on any atom is 0.227 e. The summed E-state index contributed by atoms with van der Waals surface area (Å²) in [6.45, 7) is 0.192. The van der Waals surface area contributed by atoms with E-state index in [0.717, 1.165) is 0 Å². The van der Waals surface area contributed by atoms with E-state index < -0.39 is 11.8 Å². The normalized spacial score (nSPS) is 19.3. The molecule has 1 fully saturated rings. The van der Waals surface area contributed by atoms with Gasteiger partial charge in [0, 0.05) is 18.7 Å². The number of carbonyl (C=O) groups is 2. The van der Waals surface area contributed by atoms with E-state index in [4.69, 9.17) is 34.7 Å². The van der Waals surface area contributed by atoms with E-state index in [9.17, 15) is 9.59 Å². The molecule has 0 spiro atoms. The lowest BCUT2D eigenvalue weighted by Crippen LogP contribution is -2.28. The van der Waals surface area contributed by atoms with Crippen molar-refractivity contribution >= 4 is 46.4 Å². The van der Waals surface area contributed by atoms with Gasteiger partial charge in [0.1, 0.15) is 0 Å². The van der Waals surface area contributed by atoms with Gasteiger partial charge in [0.05, 0.1) is 21.7 Å². The van der Waals surface area contributed by atoms with Crippen LogP contribution in [0.3, 0.4) is 0 Å². The van der Waals surface area contributed by atoms with Gasteiger partial charge in [-0.05, 0) is 12.1 Å². The first-order chi connectivity index (χ1) is 8.40. The first-order valence-electron chi connectivity index (χ1n) is 5.24. The van der Waals surface area contributed by atoms with E-state index in [1.165, 1.54) is 17.0 Å². The van der Waals surface area contributed by atoms with E-state index in [-0.39, 0.29) is 28.9 Å². The number of anilines is 2. The molecular formula is C11H11Cl2N3O2. The number of primary amides is 1. The quantitative estimate of drug-likeness (QED) is 0.806. The highest BCUT2D eigenvalue weighted by Crippen LogP contribution is 2.38. The largest absolute Gasteiger partial charge is 0.399 e. The molecule has 0 saturated carbocycles. The number of halogens is 2. The number of benzene rings is 1. The van der Waals surface area contributed by atoms with Crippen molar-refractivity contribution in [2.75, 3.05) is 17.2 Å². The number of nitrogens with two attached hydrogens (primary N) is 2. The molecule has 1 saturated heterocycles. The maximum atomic E-state index is 11.8. The third-order valence-corrected chi connectivity index (χ3v) is 3.41. The Balaban J connectivity index is 2.39. The fourth-order valence-corrected chi connectivity index (χ4v) is 2.67. The summed E-state index contributed by atoms with van der Waals surface area (Å²) in [7, 11) is 0. The third-order valence-electron chi connectivity index (χ3n) is 2.84. The van der Waals surface area contributed by atoms with Gasteiger partial charge in [-0.3, -0.25) is 9.59 Å². The van der Waals surface area contributed by atoms with Gasteiger partial charge >= 0.3 is 0 Å². The van der Waals surface area contributed by atoms with Gasteiger partial charge in [-0.2, -0.15) is 0 Å². The van der Waals surface area contributed by atoms with Gasteiger partial charge in [-0.15, -0.1) is 0 Å². The van der Waals surface area contributed by atoms with Crippen LogP contribution in [0.25, 0.3) is 0 Å². The summed E-state index contributed by atoms with van der Waals surface area (Å²) in [6.07, 6.45) is 0.0758. The molecule has 1 aliphatic heterocycles. The molecule has 1 aliphatic rings. The second kappa shape index (κ2) is 4.66. The molecule has 1 aromatic carbocycles. The van der Waals surface area contributed by atoms with E-state index in [1.54, 1.807) is 0 Å². The lowest BCUT2D eigenvalue weighted by Gasteiger charge is -2.19. The maximum absolute atomic E-state index is 11.8. The zero-order valence-electron chi connectivity index (χ0n) is 9.32. The van der Waals surface area contributed by atoms with E-state index in [2.05, 4.69) is 0 Å². The van der Waals surface area contributed by atoms with Crippen LogP contribution in [0.4, 0.5) is 11.4 Å². The Hall–Kier alpha value is -1.46. The minimum absolute atomic E-state index is 0.0758. The molecule has 0 aliphatic carbocycles. The minimum Gasteiger partial charge on any atom is -0.399 e. The molecule has 96 valence electrons. The first kappa shape index (κ1) is 13.0. The molecule has 1 unspecified atom stereocenters. The molecule has 1 atom stereocenters. The van der Waals surface area contributed by atoms with Gasteiger partial charge in [0.2, 0.25) is 11.8 Å². The predicted molar refractivity (Wildman–Crippen MR) is 70.5 cm³/mol. The molecule has 1 heterocycles. The number of rotatable bonds is 2. The highest BCUT2D eigenvalue weighted by atomic mass is 35.5. The molecule has 0 bridgehead atoms. The SMILES string of the molecule is NC(=O)C1CC(=O)N(c2c(Cl)cc(N)cc2Cl)C1. The Kier molecular flexibility index (Phi) is 3.36. The summed E-state index contributed by atoms with van der Waals surface area (Å²) >= 11 is 12.1. The van der Waals surface area contributed by atoms with Gasteiger partial charge in [0.15, 0.2) is 0 Å². The fourth-order valence-electron chi connectivity index (χ4n) is 1.96. The van der Waals surface area contributed by atoms with Crippen LogP contribution in [0.15, 0.2) is 12.1 Å². The topological polar surface area (TPSA) is 89.4 Å². The Morgan fingerprint density at radius 2 is 1.89 bits per heavy atom. The number of hydrogen-bond acceptors (Lipinski definition) is 3. The van der Waals surface area contributed by atoms with Crippen molar-refractivity contribution in [2.45, 2.75) is 6.42 Å². The molecule has 2 rings (SSSR count). The van der Waals surface area contributed by atoms with E-state index in [0.29, 0.717) is 11.4 Å². The summed E-state index contributed by atoms with van der Waals surface area (Å²) in [4.78, 5) is 24.3. The van der Waals surface area contributed by atoms with Crippen LogP contribution in [-0.2, 0) is 9.59 Å². The number of carbonyl (C=O) groups excluding carboxylic acids is 2. The number of hydrogen-bond donors (Lipinski definition) is 2. The summed E-state index contributed by atoms with van der Waals surface area (Å²) in [5.74, 6) is -1.25. The van der Waals surface area contributed by atoms with Crippen LogP contribution in [0.2, 0.25) is 10.0 Å². The van der Waals surface area contributed by atoms with Gasteiger partial charge in [-0.25, -0.2) is 0 Å². The number of nitrogen functional groups attached to an aromatic ring is 1. The van der Waals surface area contributed by atoms with Crippen molar-refractivity contribution in [1.29, 1.82) is 0 Å². The molecular weight excluding hydrogens is 277 g/mol. The second-order valence-corrected chi connectivity index (χ2v) is 4.96. The average Bonchev–Trinajstić information content (AvgIpc) is 2.59. The average molecular weight is 288 g/mol. The molecule has 18 heavy (non-hydrogen) atoms. The predicted octanol–water partition coefficient (Wildman–Crippen LogP) is 1.41. The molecule has 0 radical (unpaired) electrons. The minimum atomic E-state index is -0.512. The van der Waals surface area contributed by atoms with Gasteiger partial charge < -0.3 is 16.4 Å². The smallest absolute Gasteiger partial charge is 0.227 e. The van der Waals surface area contributed by atoms with Gasteiger partial charge in [0.25, 0.3) is 0 Å². The highest BCUT2D eigenvalue weighted by molar-refractivity contribution is 6.40. The molecule has 4 N–H and O–H groups in total. The third kappa shape index (κ3) is 2.23. The van der Waals surface area contributed by atoms with Crippen LogP contribution in [-0.4, -0.2) is 18.4 Å². The van der Waals surface area contributed by atoms with E-state index >= 15 is 0 Å². The number of amides is 2. The Bertz CT molecular complexity index is 510. The van der Waals surface area contributed by atoms with Crippen LogP contribution < -0.4 is 16.4 Å². The van der Waals surface area contributed by atoms with Crippen LogP contribution in [0.5, 0.6) is 0 Å². The van der Waals surface area contributed by atoms with Crippen molar-refractivity contribution in [1.82, 2.24) is 0 Å². The van der Waals surface area contributed by atoms with Crippen molar-refractivity contribution in [3.63, 3.8) is 0 Å². The first-order valence-corrected chi connectivity index (χ1v) is 6.00. The Morgan fingerprint density at radius 3 is 2.33 bits per heavy atom. The highest BCUT2D eigenvalue weighted by Gasteiger charge is 2.35. The van der Waals surface area contributed by atoms with Gasteiger partial charge in [-0.1, -0.05) is 23.2 Å². The van der Waals surface area contributed by atoms with Crippen molar-refractivity contribution < 1.29 is 9.59 Å². The Morgan fingerprint density at radius 1 is 1.33 bits per heavy atom. The molecule has 1 aromatic rings. The molecule has 2 amide bonds. The molecule has 7 heteroatoms. The second-order valence-electron chi connectivity index (χ2n) is 4.14. The zero-order valence-corrected chi connectivity index (χ0v) is 10.8. The standard InChI is InChI=1S/C11H11Cl2N3O2/c12-7-2-6(14)3-8(13)10(7)16-4-5(11(15)18)1-9(16)17/h2-3,5H,1,4,14H2,(H2,15,18). The van der Waals surface area contributed by atoms with Crippen molar-refractivity contribution in [2.24, 2.45) is 11.7 Å². The number of nitrogens with zero attached hydrogens (tertiary/aromatic N) is 1.